The first-order valence-electron chi connectivity index (χ1n) is 8.29. The Morgan fingerprint density at radius 2 is 2.08 bits per heavy atom. The molecule has 1 aromatic rings. The van der Waals surface area contributed by atoms with E-state index in [2.05, 4.69) is 11.4 Å². The summed E-state index contributed by atoms with van der Waals surface area (Å²) in [6, 6.07) is 2.23. The van der Waals surface area contributed by atoms with Gasteiger partial charge >= 0.3 is 0 Å². The van der Waals surface area contributed by atoms with Crippen LogP contribution in [0.3, 0.4) is 0 Å². The van der Waals surface area contributed by atoms with Crippen molar-refractivity contribution in [2.45, 2.75) is 39.0 Å². The largest absolute Gasteiger partial charge is 0.316 e. The van der Waals surface area contributed by atoms with Crippen molar-refractivity contribution >= 4 is 32.3 Å². The van der Waals surface area contributed by atoms with E-state index in [1.165, 1.54) is 20.5 Å². The summed E-state index contributed by atoms with van der Waals surface area (Å²) in [5, 5.41) is 13.0. The van der Waals surface area contributed by atoms with E-state index in [-0.39, 0.29) is 17.6 Å². The molecule has 2 heterocycles. The van der Waals surface area contributed by atoms with Crippen molar-refractivity contribution in [2.75, 3.05) is 24.2 Å². The number of anilines is 1. The fraction of sp³-hybridized carbons (Fsp3) is 0.625. The molecule has 1 amide bonds. The van der Waals surface area contributed by atoms with E-state index < -0.39 is 10.0 Å². The summed E-state index contributed by atoms with van der Waals surface area (Å²) in [6.07, 6.45) is 4.03. The molecule has 1 N–H and O–H groups in total. The second-order valence-electron chi connectivity index (χ2n) is 6.24. The number of carbonyl (C=O) groups excluding carboxylic acids is 1. The van der Waals surface area contributed by atoms with Crippen LogP contribution in [0.5, 0.6) is 0 Å². The normalized spacial score (nSPS) is 19.0. The monoisotopic (exact) mass is 367 g/mol. The highest BCUT2D eigenvalue weighted by molar-refractivity contribution is 7.89. The van der Waals surface area contributed by atoms with Crippen molar-refractivity contribution in [3.05, 3.63) is 16.0 Å². The molecule has 0 spiro atoms. The minimum Gasteiger partial charge on any atom is -0.316 e. The second kappa shape index (κ2) is 6.82. The van der Waals surface area contributed by atoms with Gasteiger partial charge in [0.15, 0.2) is 0 Å². The topological polar surface area (TPSA) is 90.3 Å². The van der Waals surface area contributed by atoms with Crippen LogP contribution >= 0.6 is 11.3 Å². The van der Waals surface area contributed by atoms with Gasteiger partial charge in [0.1, 0.15) is 11.1 Å². The number of hydrogen-bond acceptors (Lipinski definition) is 5. The standard InChI is InChI=1S/C16H21N3O3S2/c1-2-24(21,22)19-8-6-11(7-9-19)15(20)18-16-13(10-17)12-4-3-5-14(12)23-16/h11H,2-9H2,1H3,(H,18,20). The summed E-state index contributed by atoms with van der Waals surface area (Å²) in [7, 11) is -3.18. The predicted molar refractivity (Wildman–Crippen MR) is 93.4 cm³/mol. The third-order valence-corrected chi connectivity index (χ3v) is 7.94. The van der Waals surface area contributed by atoms with Crippen LogP contribution in [0.4, 0.5) is 5.00 Å². The molecule has 1 aliphatic heterocycles. The zero-order chi connectivity index (χ0) is 17.3. The Morgan fingerprint density at radius 1 is 1.38 bits per heavy atom. The lowest BCUT2D eigenvalue weighted by Gasteiger charge is -2.30. The van der Waals surface area contributed by atoms with E-state index in [0.29, 0.717) is 36.5 Å². The fourth-order valence-electron chi connectivity index (χ4n) is 3.40. The highest BCUT2D eigenvalue weighted by Crippen LogP contribution is 2.39. The molecular weight excluding hydrogens is 346 g/mol. The maximum absolute atomic E-state index is 12.5. The van der Waals surface area contributed by atoms with E-state index in [1.54, 1.807) is 6.92 Å². The number of rotatable bonds is 4. The van der Waals surface area contributed by atoms with Crippen molar-refractivity contribution < 1.29 is 13.2 Å². The lowest BCUT2D eigenvalue weighted by atomic mass is 9.97. The van der Waals surface area contributed by atoms with Gasteiger partial charge in [-0.2, -0.15) is 5.26 Å². The van der Waals surface area contributed by atoms with E-state index in [1.807, 2.05) is 0 Å². The highest BCUT2D eigenvalue weighted by atomic mass is 32.2. The number of carbonyl (C=O) groups is 1. The third-order valence-electron chi connectivity index (χ3n) is 4.85. The number of nitriles is 1. The Kier molecular flexibility index (Phi) is 4.95. The average Bonchev–Trinajstić information content (AvgIpc) is 3.15. The summed E-state index contributed by atoms with van der Waals surface area (Å²) in [5.41, 5.74) is 1.72. The van der Waals surface area contributed by atoms with E-state index in [4.69, 9.17) is 0 Å². The van der Waals surface area contributed by atoms with Gasteiger partial charge in [-0.1, -0.05) is 0 Å². The van der Waals surface area contributed by atoms with Crippen LogP contribution in [0, 0.1) is 17.2 Å². The van der Waals surface area contributed by atoms with Gasteiger partial charge in [-0.3, -0.25) is 4.79 Å². The van der Waals surface area contributed by atoms with Crippen LogP contribution in [0.2, 0.25) is 0 Å². The molecule has 24 heavy (non-hydrogen) atoms. The first-order chi connectivity index (χ1) is 11.5. The summed E-state index contributed by atoms with van der Waals surface area (Å²) in [4.78, 5) is 13.7. The molecule has 6 nitrogen and oxygen atoms in total. The van der Waals surface area contributed by atoms with Crippen LogP contribution in [0.25, 0.3) is 0 Å². The Balaban J connectivity index is 1.64. The van der Waals surface area contributed by atoms with Gasteiger partial charge < -0.3 is 5.32 Å². The Hall–Kier alpha value is -1.43. The van der Waals surface area contributed by atoms with Gasteiger partial charge in [-0.05, 0) is 44.6 Å². The number of fused-ring (bicyclic) bond motifs is 1. The zero-order valence-corrected chi connectivity index (χ0v) is 15.3. The Morgan fingerprint density at radius 3 is 2.71 bits per heavy atom. The molecule has 0 atom stereocenters. The Bertz CT molecular complexity index is 784. The highest BCUT2D eigenvalue weighted by Gasteiger charge is 2.31. The number of sulfonamides is 1. The molecule has 1 aliphatic carbocycles. The molecule has 0 bridgehead atoms. The molecular formula is C16H21N3O3S2. The number of amides is 1. The third kappa shape index (κ3) is 3.21. The molecule has 2 aliphatic rings. The molecule has 1 saturated heterocycles. The van der Waals surface area contributed by atoms with Gasteiger partial charge in [0.2, 0.25) is 15.9 Å². The molecule has 8 heteroatoms. The van der Waals surface area contributed by atoms with Crippen LogP contribution in [0.1, 0.15) is 42.2 Å². The van der Waals surface area contributed by atoms with Gasteiger partial charge in [0, 0.05) is 23.9 Å². The SMILES string of the molecule is CCS(=O)(=O)N1CCC(C(=O)Nc2sc3c(c2C#N)CCC3)CC1. The lowest BCUT2D eigenvalue weighted by Crippen LogP contribution is -2.42. The number of nitrogens with zero attached hydrogens (tertiary/aromatic N) is 2. The summed E-state index contributed by atoms with van der Waals surface area (Å²) >= 11 is 1.51. The van der Waals surface area contributed by atoms with Gasteiger partial charge in [0.05, 0.1) is 11.3 Å². The van der Waals surface area contributed by atoms with Crippen molar-refractivity contribution in [3.63, 3.8) is 0 Å². The molecule has 1 aromatic heterocycles. The maximum Gasteiger partial charge on any atom is 0.228 e. The number of nitrogens with one attached hydrogen (secondary N) is 1. The van der Waals surface area contributed by atoms with Crippen LogP contribution in [-0.4, -0.2) is 37.5 Å². The molecule has 0 saturated carbocycles. The van der Waals surface area contributed by atoms with E-state index in [9.17, 15) is 18.5 Å². The smallest absolute Gasteiger partial charge is 0.228 e. The predicted octanol–water partition coefficient (Wildman–Crippen LogP) is 2.11. The summed E-state index contributed by atoms with van der Waals surface area (Å²) < 4.78 is 25.2. The fourth-order valence-corrected chi connectivity index (χ4v) is 5.78. The molecule has 1 fully saturated rings. The maximum atomic E-state index is 12.5. The molecule has 0 aromatic carbocycles. The Labute approximate surface area is 146 Å². The van der Waals surface area contributed by atoms with Gasteiger partial charge in [-0.25, -0.2) is 12.7 Å². The molecule has 3 rings (SSSR count). The van der Waals surface area contributed by atoms with Crippen molar-refractivity contribution in [2.24, 2.45) is 5.92 Å². The zero-order valence-electron chi connectivity index (χ0n) is 13.7. The van der Waals surface area contributed by atoms with Crippen molar-refractivity contribution in [1.82, 2.24) is 4.31 Å². The van der Waals surface area contributed by atoms with E-state index in [0.717, 1.165) is 24.8 Å². The van der Waals surface area contributed by atoms with Crippen molar-refractivity contribution in [1.29, 1.82) is 5.26 Å². The number of piperidine rings is 1. The average molecular weight is 367 g/mol. The molecule has 0 radical (unpaired) electrons. The quantitative estimate of drug-likeness (QED) is 0.882. The molecule has 130 valence electrons. The van der Waals surface area contributed by atoms with Crippen LogP contribution in [-0.2, 0) is 27.7 Å². The minimum atomic E-state index is -3.18. The first kappa shape index (κ1) is 17.4. The number of thiophene rings is 1. The second-order valence-corrected chi connectivity index (χ2v) is 9.60. The lowest BCUT2D eigenvalue weighted by molar-refractivity contribution is -0.120. The van der Waals surface area contributed by atoms with Crippen LogP contribution < -0.4 is 5.32 Å². The summed E-state index contributed by atoms with van der Waals surface area (Å²) in [6.45, 7) is 2.41. The van der Waals surface area contributed by atoms with Crippen LogP contribution in [0.15, 0.2) is 0 Å². The number of hydrogen-bond donors (Lipinski definition) is 1. The minimum absolute atomic E-state index is 0.0934. The summed E-state index contributed by atoms with van der Waals surface area (Å²) in [5.74, 6) is -0.201. The van der Waals surface area contributed by atoms with E-state index >= 15 is 0 Å². The van der Waals surface area contributed by atoms with Crippen molar-refractivity contribution in [3.8, 4) is 6.07 Å². The van der Waals surface area contributed by atoms with Gasteiger partial charge in [0.25, 0.3) is 0 Å². The first-order valence-corrected chi connectivity index (χ1v) is 10.7. The van der Waals surface area contributed by atoms with Gasteiger partial charge in [-0.15, -0.1) is 11.3 Å². The molecule has 0 unspecified atom stereocenters. The number of aryl methyl sites for hydroxylation is 1.